The second kappa shape index (κ2) is 11.7. The largest absolute Gasteiger partial charge is 0.461 e. The van der Waals surface area contributed by atoms with Crippen LogP contribution in [0.15, 0.2) is 0 Å². The number of carbonyl (C=O) groups excluding carboxylic acids is 4. The third kappa shape index (κ3) is 10.0. The minimum absolute atomic E-state index is 0.0116. The summed E-state index contributed by atoms with van der Waals surface area (Å²) in [7, 11) is 0. The van der Waals surface area contributed by atoms with E-state index in [0.29, 0.717) is 5.56 Å². The maximum Gasteiger partial charge on any atom is 0.410 e. The van der Waals surface area contributed by atoms with Crippen molar-refractivity contribution in [2.45, 2.75) is 79.2 Å². The lowest BCUT2D eigenvalue weighted by atomic mass is 10.2. The number of nitrogens with one attached hydrogen (secondary N) is 1. The zero-order valence-corrected chi connectivity index (χ0v) is 21.6. The highest BCUT2D eigenvalue weighted by atomic mass is 16.6. The Hall–Kier alpha value is -3.64. The van der Waals surface area contributed by atoms with Crippen molar-refractivity contribution in [1.29, 1.82) is 0 Å². The van der Waals surface area contributed by atoms with Crippen LogP contribution >= 0.6 is 0 Å². The van der Waals surface area contributed by atoms with Gasteiger partial charge < -0.3 is 31.0 Å². The number of hydrogen-bond donors (Lipinski definition) is 3. The number of aromatic nitrogens is 2. The molecule has 1 rings (SSSR count). The molecule has 0 saturated heterocycles. The number of carbonyl (C=O) groups is 4. The van der Waals surface area contributed by atoms with E-state index in [1.54, 1.807) is 55.4 Å². The summed E-state index contributed by atoms with van der Waals surface area (Å²) in [6, 6.07) is -1.33. The molecule has 0 aromatic carbocycles. The monoisotopic (exact) mass is 496 g/mol. The maximum atomic E-state index is 12.9. The molecule has 196 valence electrons. The number of nitrogens with zero attached hydrogens (tertiary/aromatic N) is 3. The normalized spacial score (nSPS) is 12.3. The zero-order valence-electron chi connectivity index (χ0n) is 21.6. The van der Waals surface area contributed by atoms with Crippen LogP contribution in [0, 0.1) is 6.92 Å². The molecule has 1 atom stereocenters. The SMILES string of the molecule is CCOC(=O)c1nc(CN(CC(NC(=O)OC(C)(C)C)C(N)=O)C(=O)OC(C)(C)C)nc(N)c1C. The van der Waals surface area contributed by atoms with E-state index >= 15 is 0 Å². The molecule has 1 aromatic heterocycles. The Morgan fingerprint density at radius 2 is 1.60 bits per heavy atom. The van der Waals surface area contributed by atoms with E-state index in [-0.39, 0.29) is 30.5 Å². The molecule has 0 aliphatic carbocycles. The minimum Gasteiger partial charge on any atom is -0.461 e. The Kier molecular flexibility index (Phi) is 9.80. The number of nitrogens with two attached hydrogens (primary N) is 2. The van der Waals surface area contributed by atoms with Gasteiger partial charge in [0.05, 0.1) is 19.7 Å². The van der Waals surface area contributed by atoms with Crippen LogP contribution in [0.5, 0.6) is 0 Å². The topological polar surface area (TPSA) is 189 Å². The van der Waals surface area contributed by atoms with Gasteiger partial charge in [-0.1, -0.05) is 0 Å². The van der Waals surface area contributed by atoms with Gasteiger partial charge in [-0.05, 0) is 55.4 Å². The van der Waals surface area contributed by atoms with Gasteiger partial charge in [0.15, 0.2) is 11.5 Å². The van der Waals surface area contributed by atoms with Gasteiger partial charge in [-0.3, -0.25) is 9.69 Å². The summed E-state index contributed by atoms with van der Waals surface area (Å²) in [5, 5.41) is 2.35. The summed E-state index contributed by atoms with van der Waals surface area (Å²) in [5.74, 6) is -1.62. The van der Waals surface area contributed by atoms with Gasteiger partial charge in [0, 0.05) is 5.56 Å². The average Bonchev–Trinajstić information content (AvgIpc) is 2.66. The lowest BCUT2D eigenvalue weighted by Gasteiger charge is -2.30. The Balaban J connectivity index is 3.31. The summed E-state index contributed by atoms with van der Waals surface area (Å²) >= 11 is 0. The van der Waals surface area contributed by atoms with Gasteiger partial charge in [0.25, 0.3) is 0 Å². The molecule has 3 amide bonds. The number of rotatable bonds is 8. The van der Waals surface area contributed by atoms with E-state index < -0.39 is 47.9 Å². The molecule has 1 unspecified atom stereocenters. The number of anilines is 1. The van der Waals surface area contributed by atoms with Crippen LogP contribution in [0.1, 0.15) is 70.3 Å². The second-order valence-corrected chi connectivity index (χ2v) is 9.68. The highest BCUT2D eigenvalue weighted by Gasteiger charge is 2.30. The molecule has 0 aliphatic rings. The Labute approximate surface area is 204 Å². The van der Waals surface area contributed by atoms with Crippen molar-refractivity contribution in [2.75, 3.05) is 18.9 Å². The summed E-state index contributed by atoms with van der Waals surface area (Å²) in [5.41, 5.74) is 9.96. The summed E-state index contributed by atoms with van der Waals surface area (Å²) in [6.07, 6.45) is -1.74. The van der Waals surface area contributed by atoms with E-state index in [0.717, 1.165) is 4.90 Å². The fraction of sp³-hybridized carbons (Fsp3) is 0.636. The average molecular weight is 497 g/mol. The van der Waals surface area contributed by atoms with Crippen LogP contribution in [0.2, 0.25) is 0 Å². The van der Waals surface area contributed by atoms with Gasteiger partial charge in [-0.2, -0.15) is 0 Å². The number of nitrogen functional groups attached to an aromatic ring is 1. The first kappa shape index (κ1) is 29.4. The van der Waals surface area contributed by atoms with E-state index in [2.05, 4.69) is 15.3 Å². The van der Waals surface area contributed by atoms with Crippen molar-refractivity contribution in [3.8, 4) is 0 Å². The van der Waals surface area contributed by atoms with E-state index in [4.69, 9.17) is 25.7 Å². The van der Waals surface area contributed by atoms with Crippen molar-refractivity contribution >= 4 is 29.9 Å². The van der Waals surface area contributed by atoms with E-state index in [1.807, 2.05) is 0 Å². The first-order valence-electron chi connectivity index (χ1n) is 11.0. The molecular weight excluding hydrogens is 460 g/mol. The molecule has 13 heteroatoms. The van der Waals surface area contributed by atoms with Crippen LogP contribution in [-0.2, 0) is 25.5 Å². The molecule has 13 nitrogen and oxygen atoms in total. The van der Waals surface area contributed by atoms with Crippen LogP contribution in [-0.4, -0.2) is 69.3 Å². The predicted octanol–water partition coefficient (Wildman–Crippen LogP) is 1.66. The molecule has 0 bridgehead atoms. The Morgan fingerprint density at radius 1 is 1.03 bits per heavy atom. The summed E-state index contributed by atoms with van der Waals surface area (Å²) in [4.78, 5) is 58.9. The number of primary amides is 1. The molecule has 1 aromatic rings. The van der Waals surface area contributed by atoms with Gasteiger partial charge in [0.1, 0.15) is 23.1 Å². The highest BCUT2D eigenvalue weighted by molar-refractivity contribution is 5.90. The van der Waals surface area contributed by atoms with Gasteiger partial charge in [-0.25, -0.2) is 24.4 Å². The van der Waals surface area contributed by atoms with E-state index in [1.165, 1.54) is 0 Å². The lowest BCUT2D eigenvalue weighted by molar-refractivity contribution is -0.120. The quantitative estimate of drug-likeness (QED) is 0.352. The van der Waals surface area contributed by atoms with Crippen molar-refractivity contribution in [3.05, 3.63) is 17.1 Å². The zero-order chi connectivity index (χ0) is 27.1. The van der Waals surface area contributed by atoms with Crippen molar-refractivity contribution < 1.29 is 33.4 Å². The van der Waals surface area contributed by atoms with Crippen molar-refractivity contribution in [2.24, 2.45) is 5.73 Å². The molecule has 0 aliphatic heterocycles. The fourth-order valence-corrected chi connectivity index (χ4v) is 2.63. The molecule has 0 saturated carbocycles. The maximum absolute atomic E-state index is 12.9. The van der Waals surface area contributed by atoms with Gasteiger partial charge in [0.2, 0.25) is 5.91 Å². The third-order valence-electron chi connectivity index (χ3n) is 4.12. The van der Waals surface area contributed by atoms with Gasteiger partial charge >= 0.3 is 18.2 Å². The van der Waals surface area contributed by atoms with Crippen LogP contribution in [0.3, 0.4) is 0 Å². The second-order valence-electron chi connectivity index (χ2n) is 9.68. The van der Waals surface area contributed by atoms with Gasteiger partial charge in [-0.15, -0.1) is 0 Å². The summed E-state index contributed by atoms with van der Waals surface area (Å²) < 4.78 is 15.6. The lowest BCUT2D eigenvalue weighted by Crippen LogP contribution is -2.53. The number of alkyl carbamates (subject to hydrolysis) is 1. The Morgan fingerprint density at radius 3 is 2.09 bits per heavy atom. The minimum atomic E-state index is -1.33. The number of esters is 1. The predicted molar refractivity (Wildman–Crippen MR) is 126 cm³/mol. The molecule has 1 heterocycles. The van der Waals surface area contributed by atoms with E-state index in [9.17, 15) is 19.2 Å². The molecular formula is C22H36N6O7. The summed E-state index contributed by atoms with van der Waals surface area (Å²) in [6.45, 7) is 12.6. The van der Waals surface area contributed by atoms with Crippen LogP contribution < -0.4 is 16.8 Å². The standard InChI is InChI=1S/C22H36N6O7/c1-9-33-18(30)15-12(2)16(23)27-14(26-15)11-28(20(32)35-22(6,7)8)10-13(17(24)29)25-19(31)34-21(3,4)5/h13H,9-11H2,1-8H3,(H2,24,29)(H,25,31)(H2,23,26,27). The Bertz CT molecular complexity index is 953. The smallest absolute Gasteiger partial charge is 0.410 e. The number of amides is 3. The molecule has 35 heavy (non-hydrogen) atoms. The van der Waals surface area contributed by atoms with Crippen LogP contribution in [0.25, 0.3) is 0 Å². The fourth-order valence-electron chi connectivity index (χ4n) is 2.63. The third-order valence-corrected chi connectivity index (χ3v) is 4.12. The van der Waals surface area contributed by atoms with Crippen molar-refractivity contribution in [3.63, 3.8) is 0 Å². The van der Waals surface area contributed by atoms with Crippen LogP contribution in [0.4, 0.5) is 15.4 Å². The first-order chi connectivity index (χ1) is 15.9. The number of hydrogen-bond acceptors (Lipinski definition) is 10. The van der Waals surface area contributed by atoms with Crippen molar-refractivity contribution in [1.82, 2.24) is 20.2 Å². The molecule has 0 radical (unpaired) electrons. The molecule has 0 spiro atoms. The number of ether oxygens (including phenoxy) is 3. The first-order valence-corrected chi connectivity index (χ1v) is 11.0. The molecule has 5 N–H and O–H groups in total. The highest BCUT2D eigenvalue weighted by Crippen LogP contribution is 2.17. The molecule has 0 fully saturated rings.